The van der Waals surface area contributed by atoms with Crippen LogP contribution in [0.1, 0.15) is 33.1 Å². The molecule has 1 aromatic rings. The number of nitrogens with one attached hydrogen (secondary N) is 1. The van der Waals surface area contributed by atoms with Crippen LogP contribution in [0, 0.1) is 0 Å². The van der Waals surface area contributed by atoms with Crippen LogP contribution in [0.15, 0.2) is 29.2 Å². The molecule has 1 amide bonds. The largest absolute Gasteiger partial charge is 0.340 e. The number of hydrogen-bond acceptors (Lipinski definition) is 4. The van der Waals surface area contributed by atoms with Crippen LogP contribution in [-0.2, 0) is 25.6 Å². The van der Waals surface area contributed by atoms with Gasteiger partial charge >= 0.3 is 0 Å². The molecular formula is C17H25ClN2O4S2. The Bertz CT molecular complexity index is 779. The van der Waals surface area contributed by atoms with Crippen LogP contribution in [-0.4, -0.2) is 53.6 Å². The van der Waals surface area contributed by atoms with E-state index in [1.165, 1.54) is 12.1 Å². The van der Waals surface area contributed by atoms with Crippen molar-refractivity contribution < 1.29 is 17.4 Å². The predicted molar refractivity (Wildman–Crippen MR) is 104 cm³/mol. The van der Waals surface area contributed by atoms with Crippen molar-refractivity contribution >= 4 is 38.3 Å². The summed E-state index contributed by atoms with van der Waals surface area (Å²) in [7, 11) is -4.64. The molecule has 0 radical (unpaired) electrons. The lowest BCUT2D eigenvalue weighted by molar-refractivity contribution is -0.131. The third-order valence-corrected chi connectivity index (χ3v) is 8.81. The second kappa shape index (κ2) is 8.82. The second-order valence-corrected chi connectivity index (χ2v) is 10.5. The molecule has 0 spiro atoms. The standard InChI is InChI=1S/C17H25ClN2O4S2/c1-3-17(4-2)13-20(10-11-25(17)22)16(21)8-9-19-26(23,24)15-7-5-6-14(18)12-15/h5-7,12,19H,3-4,8-11,13H2,1-2H3/t25-/m0/s1. The van der Waals surface area contributed by atoms with Crippen LogP contribution in [0.2, 0.25) is 5.02 Å². The fraction of sp³-hybridized carbons (Fsp3) is 0.588. The summed E-state index contributed by atoms with van der Waals surface area (Å²) < 4.78 is 38.9. The highest BCUT2D eigenvalue weighted by Gasteiger charge is 2.40. The first-order chi connectivity index (χ1) is 12.2. The van der Waals surface area contributed by atoms with Crippen LogP contribution in [0.4, 0.5) is 0 Å². The molecule has 0 saturated carbocycles. The van der Waals surface area contributed by atoms with Crippen molar-refractivity contribution in [2.45, 2.75) is 42.8 Å². The maximum atomic E-state index is 12.5. The summed E-state index contributed by atoms with van der Waals surface area (Å²) in [6, 6.07) is 5.97. The molecule has 146 valence electrons. The van der Waals surface area contributed by atoms with Gasteiger partial charge in [0.15, 0.2) is 0 Å². The highest BCUT2D eigenvalue weighted by Crippen LogP contribution is 2.28. The normalized spacial score (nSPS) is 20.1. The van der Waals surface area contributed by atoms with Gasteiger partial charge in [-0.3, -0.25) is 9.00 Å². The molecule has 1 atom stereocenters. The lowest BCUT2D eigenvalue weighted by atomic mass is 10.0. The van der Waals surface area contributed by atoms with Crippen LogP contribution in [0.3, 0.4) is 0 Å². The first-order valence-electron chi connectivity index (χ1n) is 8.65. The summed E-state index contributed by atoms with van der Waals surface area (Å²) in [4.78, 5) is 14.3. The number of rotatable bonds is 7. The van der Waals surface area contributed by atoms with Crippen LogP contribution in [0.5, 0.6) is 0 Å². The summed E-state index contributed by atoms with van der Waals surface area (Å²) in [5.74, 6) is 0.351. The number of carbonyl (C=O) groups excluding carboxylic acids is 1. The Morgan fingerprint density at radius 2 is 2.04 bits per heavy atom. The molecule has 9 heteroatoms. The number of sulfonamides is 1. The molecule has 1 fully saturated rings. The van der Waals surface area contributed by atoms with Gasteiger partial charge in [-0.15, -0.1) is 0 Å². The molecule has 0 aromatic heterocycles. The van der Waals surface area contributed by atoms with Gasteiger partial charge < -0.3 is 4.90 Å². The van der Waals surface area contributed by atoms with Crippen molar-refractivity contribution in [1.82, 2.24) is 9.62 Å². The molecule has 2 rings (SSSR count). The minimum absolute atomic E-state index is 0.0124. The summed E-state index contributed by atoms with van der Waals surface area (Å²) in [6.45, 7) is 4.92. The zero-order valence-electron chi connectivity index (χ0n) is 15.0. The van der Waals surface area contributed by atoms with E-state index < -0.39 is 20.8 Å². The Hall–Kier alpha value is -0.960. The number of amides is 1. The van der Waals surface area contributed by atoms with E-state index in [0.29, 0.717) is 23.9 Å². The van der Waals surface area contributed by atoms with Crippen molar-refractivity contribution in [3.05, 3.63) is 29.3 Å². The van der Waals surface area contributed by atoms with E-state index in [9.17, 15) is 17.4 Å². The first kappa shape index (κ1) is 21.3. The van der Waals surface area contributed by atoms with Crippen molar-refractivity contribution in [3.63, 3.8) is 0 Å². The number of hydrogen-bond donors (Lipinski definition) is 1. The lowest BCUT2D eigenvalue weighted by Gasteiger charge is -2.41. The molecule has 1 saturated heterocycles. The van der Waals surface area contributed by atoms with Gasteiger partial charge in [-0.1, -0.05) is 31.5 Å². The fourth-order valence-corrected chi connectivity index (χ4v) is 6.18. The summed E-state index contributed by atoms with van der Waals surface area (Å²) >= 11 is 5.83. The van der Waals surface area contributed by atoms with Crippen molar-refractivity contribution in [1.29, 1.82) is 0 Å². The van der Waals surface area contributed by atoms with Gasteiger partial charge in [0.2, 0.25) is 15.9 Å². The minimum atomic E-state index is -3.70. The van der Waals surface area contributed by atoms with Gasteiger partial charge in [0.05, 0.1) is 9.64 Å². The summed E-state index contributed by atoms with van der Waals surface area (Å²) in [5, 5.41) is 0.334. The average molecular weight is 421 g/mol. The summed E-state index contributed by atoms with van der Waals surface area (Å²) in [5.41, 5.74) is 0. The zero-order chi connectivity index (χ0) is 19.4. The van der Waals surface area contributed by atoms with Gasteiger partial charge in [-0.05, 0) is 31.0 Å². The monoisotopic (exact) mass is 420 g/mol. The maximum Gasteiger partial charge on any atom is 0.240 e. The second-order valence-electron chi connectivity index (χ2n) is 6.36. The van der Waals surface area contributed by atoms with E-state index >= 15 is 0 Å². The highest BCUT2D eigenvalue weighted by atomic mass is 35.5. The predicted octanol–water partition coefficient (Wildman–Crippen LogP) is 2.16. The number of benzene rings is 1. The first-order valence-corrected chi connectivity index (χ1v) is 11.8. The van der Waals surface area contributed by atoms with E-state index in [2.05, 4.69) is 4.72 Å². The Labute approximate surface area is 162 Å². The van der Waals surface area contributed by atoms with Crippen LogP contribution in [0.25, 0.3) is 0 Å². The van der Waals surface area contributed by atoms with E-state index in [1.54, 1.807) is 17.0 Å². The molecule has 0 aliphatic carbocycles. The fourth-order valence-electron chi connectivity index (χ4n) is 3.08. The topological polar surface area (TPSA) is 83.6 Å². The highest BCUT2D eigenvalue weighted by molar-refractivity contribution is 7.89. The molecule has 6 nitrogen and oxygen atoms in total. The molecule has 1 heterocycles. The third-order valence-electron chi connectivity index (χ3n) is 4.89. The van der Waals surface area contributed by atoms with Crippen molar-refractivity contribution in [2.75, 3.05) is 25.4 Å². The Balaban J connectivity index is 1.93. The van der Waals surface area contributed by atoms with Crippen LogP contribution < -0.4 is 4.72 Å². The Morgan fingerprint density at radius 1 is 1.35 bits per heavy atom. The van der Waals surface area contributed by atoms with Crippen molar-refractivity contribution in [3.8, 4) is 0 Å². The number of carbonyl (C=O) groups is 1. The number of nitrogens with zero attached hydrogens (tertiary/aromatic N) is 1. The van der Waals surface area contributed by atoms with Gasteiger partial charge in [0.1, 0.15) is 0 Å². The van der Waals surface area contributed by atoms with Gasteiger partial charge in [0, 0.05) is 47.6 Å². The molecule has 26 heavy (non-hydrogen) atoms. The Morgan fingerprint density at radius 3 is 2.65 bits per heavy atom. The number of halogens is 1. The lowest BCUT2D eigenvalue weighted by Crippen LogP contribution is -2.54. The molecule has 1 aliphatic heterocycles. The van der Waals surface area contributed by atoms with E-state index in [-0.39, 0.29) is 28.5 Å². The van der Waals surface area contributed by atoms with Crippen LogP contribution >= 0.6 is 11.6 Å². The summed E-state index contributed by atoms with van der Waals surface area (Å²) in [6.07, 6.45) is 1.57. The average Bonchev–Trinajstić information content (AvgIpc) is 2.62. The van der Waals surface area contributed by atoms with Gasteiger partial charge in [-0.2, -0.15) is 0 Å². The quantitative estimate of drug-likeness (QED) is 0.732. The molecule has 0 unspecified atom stereocenters. The Kier molecular flexibility index (Phi) is 7.24. The molecule has 1 aromatic carbocycles. The zero-order valence-corrected chi connectivity index (χ0v) is 17.4. The van der Waals surface area contributed by atoms with Gasteiger partial charge in [-0.25, -0.2) is 13.1 Å². The van der Waals surface area contributed by atoms with Crippen molar-refractivity contribution in [2.24, 2.45) is 0 Å². The van der Waals surface area contributed by atoms with Gasteiger partial charge in [0.25, 0.3) is 0 Å². The molecular weight excluding hydrogens is 396 g/mol. The smallest absolute Gasteiger partial charge is 0.240 e. The SMILES string of the molecule is CCC1(CC)CN(C(=O)CCNS(=O)(=O)c2cccc(Cl)c2)CC[S@@]1=O. The van der Waals surface area contributed by atoms with E-state index in [4.69, 9.17) is 11.6 Å². The molecule has 1 N–H and O–H groups in total. The molecule has 0 bridgehead atoms. The maximum absolute atomic E-state index is 12.5. The molecule has 1 aliphatic rings. The minimum Gasteiger partial charge on any atom is -0.340 e. The third kappa shape index (κ3) is 4.85. The van der Waals surface area contributed by atoms with E-state index in [1.807, 2.05) is 13.8 Å². The van der Waals surface area contributed by atoms with E-state index in [0.717, 1.165) is 12.8 Å².